The molecule has 6 heteroatoms. The number of halogens is 1. The number of amides is 1. The van der Waals surface area contributed by atoms with Crippen molar-refractivity contribution in [3.05, 3.63) is 52.7 Å². The summed E-state index contributed by atoms with van der Waals surface area (Å²) in [7, 11) is 0. The van der Waals surface area contributed by atoms with Crippen molar-refractivity contribution in [2.45, 2.75) is 25.8 Å². The first-order valence-electron chi connectivity index (χ1n) is 7.80. The van der Waals surface area contributed by atoms with Gasteiger partial charge < -0.3 is 10.6 Å². The number of hydrogen-bond acceptors (Lipinski definition) is 4. The van der Waals surface area contributed by atoms with Crippen LogP contribution in [0.1, 0.15) is 36.9 Å². The molecule has 0 saturated heterocycles. The fourth-order valence-corrected chi connectivity index (χ4v) is 2.56. The van der Waals surface area contributed by atoms with E-state index < -0.39 is 0 Å². The van der Waals surface area contributed by atoms with Gasteiger partial charge in [-0.15, -0.1) is 0 Å². The normalized spacial score (nSPS) is 14.5. The van der Waals surface area contributed by atoms with Crippen molar-refractivity contribution >= 4 is 29.0 Å². The molecule has 3 rings (SSSR count). The summed E-state index contributed by atoms with van der Waals surface area (Å²) in [6.07, 6.45) is 3.46. The molecular weight excluding hydrogens is 324 g/mol. The van der Waals surface area contributed by atoms with Crippen molar-refractivity contribution in [1.82, 2.24) is 4.98 Å². The lowest BCUT2D eigenvalue weighted by Gasteiger charge is -2.16. The molecule has 0 aliphatic heterocycles. The van der Waals surface area contributed by atoms with Crippen LogP contribution in [0, 0.1) is 17.2 Å². The molecule has 1 aliphatic carbocycles. The first kappa shape index (κ1) is 16.3. The van der Waals surface area contributed by atoms with E-state index in [1.807, 2.05) is 37.3 Å². The number of carbonyl (C=O) groups excluding carboxylic acids is 1. The number of carbonyl (C=O) groups is 1. The summed E-state index contributed by atoms with van der Waals surface area (Å²) in [5, 5.41) is 15.4. The number of anilines is 2. The van der Waals surface area contributed by atoms with E-state index in [2.05, 4.69) is 15.6 Å². The van der Waals surface area contributed by atoms with Crippen molar-refractivity contribution in [2.75, 3.05) is 10.6 Å². The molecule has 2 N–H and O–H groups in total. The number of nitrogens with one attached hydrogen (secondary N) is 2. The number of rotatable bonds is 5. The van der Waals surface area contributed by atoms with Gasteiger partial charge in [0, 0.05) is 23.8 Å². The molecule has 24 heavy (non-hydrogen) atoms. The highest BCUT2D eigenvalue weighted by Crippen LogP contribution is 2.30. The highest BCUT2D eigenvalue weighted by molar-refractivity contribution is 6.33. The Morgan fingerprint density at radius 1 is 1.38 bits per heavy atom. The SMILES string of the molecule is CC(Nc1ncc(C#N)cc1Cl)c1ccc(NC(=O)C2CC2)cc1. The first-order chi connectivity index (χ1) is 11.6. The highest BCUT2D eigenvalue weighted by atomic mass is 35.5. The Morgan fingerprint density at radius 3 is 2.67 bits per heavy atom. The minimum Gasteiger partial charge on any atom is -0.362 e. The summed E-state index contributed by atoms with van der Waals surface area (Å²) < 4.78 is 0. The van der Waals surface area contributed by atoms with E-state index in [4.69, 9.17) is 16.9 Å². The van der Waals surface area contributed by atoms with Gasteiger partial charge in [-0.25, -0.2) is 4.98 Å². The van der Waals surface area contributed by atoms with E-state index in [0.717, 1.165) is 24.1 Å². The van der Waals surface area contributed by atoms with Gasteiger partial charge in [0.05, 0.1) is 10.6 Å². The van der Waals surface area contributed by atoms with Crippen LogP contribution in [0.5, 0.6) is 0 Å². The van der Waals surface area contributed by atoms with Gasteiger partial charge in [-0.3, -0.25) is 4.79 Å². The maximum atomic E-state index is 11.8. The third kappa shape index (κ3) is 3.84. The van der Waals surface area contributed by atoms with Crippen LogP contribution in [0.4, 0.5) is 11.5 Å². The Balaban J connectivity index is 1.65. The first-order valence-corrected chi connectivity index (χ1v) is 8.17. The summed E-state index contributed by atoms with van der Waals surface area (Å²) in [5.41, 5.74) is 2.27. The van der Waals surface area contributed by atoms with Crippen LogP contribution >= 0.6 is 11.6 Å². The molecule has 1 fully saturated rings. The van der Waals surface area contributed by atoms with Gasteiger partial charge in [-0.05, 0) is 43.5 Å². The van der Waals surface area contributed by atoms with Gasteiger partial charge in [-0.2, -0.15) is 5.26 Å². The van der Waals surface area contributed by atoms with E-state index >= 15 is 0 Å². The Hall–Kier alpha value is -2.58. The van der Waals surface area contributed by atoms with Crippen molar-refractivity contribution in [3.63, 3.8) is 0 Å². The lowest BCUT2D eigenvalue weighted by atomic mass is 10.1. The summed E-state index contributed by atoms with van der Waals surface area (Å²) in [6.45, 7) is 1.99. The molecule has 1 atom stereocenters. The van der Waals surface area contributed by atoms with Crippen LogP contribution < -0.4 is 10.6 Å². The van der Waals surface area contributed by atoms with E-state index in [1.165, 1.54) is 6.20 Å². The maximum absolute atomic E-state index is 11.8. The smallest absolute Gasteiger partial charge is 0.227 e. The quantitative estimate of drug-likeness (QED) is 0.857. The van der Waals surface area contributed by atoms with Crippen molar-refractivity contribution in [1.29, 1.82) is 5.26 Å². The van der Waals surface area contributed by atoms with Crippen molar-refractivity contribution < 1.29 is 4.79 Å². The topological polar surface area (TPSA) is 77.8 Å². The largest absolute Gasteiger partial charge is 0.362 e. The average molecular weight is 341 g/mol. The van der Waals surface area contributed by atoms with E-state index in [1.54, 1.807) is 6.07 Å². The van der Waals surface area contributed by atoms with Crippen LogP contribution in [0.3, 0.4) is 0 Å². The molecule has 1 saturated carbocycles. The van der Waals surface area contributed by atoms with Crippen molar-refractivity contribution in [2.24, 2.45) is 5.92 Å². The summed E-state index contributed by atoms with van der Waals surface area (Å²) in [4.78, 5) is 15.9. The van der Waals surface area contributed by atoms with Crippen LogP contribution in [0.15, 0.2) is 36.5 Å². The third-order valence-electron chi connectivity index (χ3n) is 3.95. The Labute approximate surface area is 145 Å². The number of nitrogens with zero attached hydrogens (tertiary/aromatic N) is 2. The van der Waals surface area contributed by atoms with Crippen LogP contribution in [0.2, 0.25) is 5.02 Å². The van der Waals surface area contributed by atoms with Gasteiger partial charge in [0.2, 0.25) is 5.91 Å². The van der Waals surface area contributed by atoms with Crippen molar-refractivity contribution in [3.8, 4) is 6.07 Å². The number of nitriles is 1. The maximum Gasteiger partial charge on any atom is 0.227 e. The lowest BCUT2D eigenvalue weighted by molar-refractivity contribution is -0.117. The minimum atomic E-state index is -0.0175. The zero-order valence-corrected chi connectivity index (χ0v) is 14.0. The lowest BCUT2D eigenvalue weighted by Crippen LogP contribution is -2.13. The monoisotopic (exact) mass is 340 g/mol. The second-order valence-electron chi connectivity index (χ2n) is 5.92. The fraction of sp³-hybridized carbons (Fsp3) is 0.278. The molecule has 1 aromatic carbocycles. The highest BCUT2D eigenvalue weighted by Gasteiger charge is 2.29. The molecule has 5 nitrogen and oxygen atoms in total. The number of hydrogen-bond donors (Lipinski definition) is 2. The molecule has 1 unspecified atom stereocenters. The second-order valence-corrected chi connectivity index (χ2v) is 6.32. The van der Waals surface area contributed by atoms with Gasteiger partial charge in [0.25, 0.3) is 0 Å². The number of aromatic nitrogens is 1. The summed E-state index contributed by atoms with van der Waals surface area (Å²) >= 11 is 6.13. The van der Waals surface area contributed by atoms with Gasteiger partial charge in [0.15, 0.2) is 0 Å². The van der Waals surface area contributed by atoms with Gasteiger partial charge >= 0.3 is 0 Å². The molecule has 2 aromatic rings. The number of benzene rings is 1. The van der Waals surface area contributed by atoms with E-state index in [9.17, 15) is 4.79 Å². The molecule has 1 aromatic heterocycles. The molecule has 1 aliphatic rings. The molecule has 1 amide bonds. The Morgan fingerprint density at radius 2 is 2.08 bits per heavy atom. The standard InChI is InChI=1S/C18H17ClN4O/c1-11(22-17-16(19)8-12(9-20)10-21-17)13-4-6-15(7-5-13)23-18(24)14-2-3-14/h4-8,10-11,14H,2-3H2,1H3,(H,21,22)(H,23,24). The van der Waals surface area contributed by atoms with Gasteiger partial charge in [0.1, 0.15) is 11.9 Å². The van der Waals surface area contributed by atoms with Crippen LogP contribution in [-0.4, -0.2) is 10.9 Å². The predicted octanol–water partition coefficient (Wildman–Crippen LogP) is 4.13. The van der Waals surface area contributed by atoms with Crippen LogP contribution in [-0.2, 0) is 4.79 Å². The molecule has 1 heterocycles. The minimum absolute atomic E-state index is 0.0175. The van der Waals surface area contributed by atoms with Gasteiger partial charge in [-0.1, -0.05) is 23.7 Å². The van der Waals surface area contributed by atoms with Crippen LogP contribution in [0.25, 0.3) is 0 Å². The third-order valence-corrected chi connectivity index (χ3v) is 4.24. The zero-order valence-electron chi connectivity index (χ0n) is 13.2. The average Bonchev–Trinajstić information content (AvgIpc) is 3.42. The number of pyridine rings is 1. The van der Waals surface area contributed by atoms with E-state index in [-0.39, 0.29) is 17.9 Å². The second kappa shape index (κ2) is 6.90. The molecule has 0 radical (unpaired) electrons. The fourth-order valence-electron chi connectivity index (χ4n) is 2.34. The zero-order chi connectivity index (χ0) is 17.1. The molecule has 122 valence electrons. The summed E-state index contributed by atoms with van der Waals surface area (Å²) in [6, 6.07) is 11.3. The summed E-state index contributed by atoms with van der Waals surface area (Å²) in [5.74, 6) is 0.826. The molecular formula is C18H17ClN4O. The van der Waals surface area contributed by atoms with E-state index in [0.29, 0.717) is 16.4 Å². The molecule has 0 spiro atoms. The molecule has 0 bridgehead atoms. The Kier molecular flexibility index (Phi) is 4.68. The Bertz CT molecular complexity index is 794. The predicted molar refractivity (Wildman–Crippen MR) is 93.8 cm³/mol.